The van der Waals surface area contributed by atoms with Crippen LogP contribution in [0.2, 0.25) is 0 Å². The number of hydrogen-bond donors (Lipinski definition) is 4. The summed E-state index contributed by atoms with van der Waals surface area (Å²) in [5.41, 5.74) is 0. The van der Waals surface area contributed by atoms with Crippen LogP contribution in [-0.2, 0) is 55.8 Å². The summed E-state index contributed by atoms with van der Waals surface area (Å²) in [5.74, 6) is -1.60. The first-order valence-electron chi connectivity index (χ1n) is 40.1. The molecule has 0 radical (unpaired) electrons. The smallest absolute Gasteiger partial charge is 0.463 e. The molecule has 0 saturated carbocycles. The number of aliphatic hydroxyl groups excluding tert-OH is 2. The van der Waals surface area contributed by atoms with Gasteiger partial charge in [0.2, 0.25) is 0 Å². The molecule has 0 saturated heterocycles. The van der Waals surface area contributed by atoms with Gasteiger partial charge in [0.1, 0.15) is 25.4 Å². The molecule has 5 atom stereocenters. The van der Waals surface area contributed by atoms with Crippen LogP contribution in [0.25, 0.3) is 0 Å². The molecule has 103 heavy (non-hydrogen) atoms. The van der Waals surface area contributed by atoms with Crippen molar-refractivity contribution in [1.82, 2.24) is 0 Å². The Morgan fingerprint density at radius 3 is 0.816 bits per heavy atom. The average Bonchev–Trinajstić information content (AvgIpc) is 0.914. The first-order chi connectivity index (χ1) is 50.2. The molecule has 0 spiro atoms. The zero-order valence-electron chi connectivity index (χ0n) is 64.4. The van der Waals surface area contributed by atoms with Crippen LogP contribution in [0.3, 0.4) is 0 Å². The molecule has 16 nitrogen and oxygen atoms in total. The van der Waals surface area contributed by atoms with E-state index < -0.39 is 91.5 Å². The Labute approximate surface area is 626 Å². The fraction of sp³-hybridized carbons (Fsp3) is 0.682. The molecule has 0 rings (SSSR count). The van der Waals surface area contributed by atoms with Gasteiger partial charge in [0, 0.05) is 19.3 Å². The summed E-state index contributed by atoms with van der Waals surface area (Å²) in [6.45, 7) is 2.42. The highest BCUT2D eigenvalue weighted by Crippen LogP contribution is 2.45. The third-order valence-electron chi connectivity index (χ3n) is 16.5. The number of phosphoric acid groups is 2. The minimum Gasteiger partial charge on any atom is -0.463 e. The molecule has 0 heterocycles. The van der Waals surface area contributed by atoms with Gasteiger partial charge in [0.15, 0.2) is 6.10 Å². The van der Waals surface area contributed by atoms with Gasteiger partial charge < -0.3 is 34.2 Å². The van der Waals surface area contributed by atoms with Crippen LogP contribution >= 0.6 is 15.6 Å². The predicted octanol–water partition coefficient (Wildman–Crippen LogP) is 23.7. The third kappa shape index (κ3) is 78.3. The number of rotatable bonds is 75. The molecule has 0 fully saturated rings. The van der Waals surface area contributed by atoms with Crippen LogP contribution in [0.1, 0.15) is 316 Å². The van der Waals surface area contributed by atoms with E-state index in [0.717, 1.165) is 180 Å². The van der Waals surface area contributed by atoms with Crippen LogP contribution in [-0.4, -0.2) is 95.9 Å². The Kier molecular flexibility index (Phi) is 73.6. The monoisotopic (exact) mass is 1480 g/mol. The lowest BCUT2D eigenvalue weighted by atomic mass is 10.1. The van der Waals surface area contributed by atoms with Crippen LogP contribution in [0, 0.1) is 0 Å². The summed E-state index contributed by atoms with van der Waals surface area (Å²) >= 11 is 0. The zero-order chi connectivity index (χ0) is 75.2. The number of ether oxygens (including phenoxy) is 3. The Hall–Kier alpha value is -4.57. The maximum Gasteiger partial charge on any atom is 0.472 e. The first-order valence-corrected chi connectivity index (χ1v) is 43.1. The number of aliphatic hydroxyl groups is 2. The van der Waals surface area contributed by atoms with Crippen molar-refractivity contribution < 1.29 is 75.8 Å². The Morgan fingerprint density at radius 1 is 0.282 bits per heavy atom. The van der Waals surface area contributed by atoms with E-state index in [1.54, 1.807) is 0 Å². The van der Waals surface area contributed by atoms with Crippen LogP contribution < -0.4 is 0 Å². The van der Waals surface area contributed by atoms with Gasteiger partial charge in [-0.15, -0.1) is 0 Å². The normalized spacial score (nSPS) is 14.7. The summed E-state index contributed by atoms with van der Waals surface area (Å²) < 4.78 is 61.2. The number of carbonyl (C=O) groups excluding carboxylic acids is 3. The summed E-state index contributed by atoms with van der Waals surface area (Å²) in [5, 5.41) is 20.6. The lowest BCUT2D eigenvalue weighted by Crippen LogP contribution is -2.30. The van der Waals surface area contributed by atoms with Crippen molar-refractivity contribution in [2.75, 3.05) is 39.6 Å². The maximum absolute atomic E-state index is 13.0. The van der Waals surface area contributed by atoms with E-state index in [2.05, 4.69) is 167 Å². The zero-order valence-corrected chi connectivity index (χ0v) is 66.2. The molecular weight excluding hydrogens is 1340 g/mol. The molecule has 4 N–H and O–H groups in total. The van der Waals surface area contributed by atoms with Gasteiger partial charge in [-0.05, 0) is 141 Å². The second kappa shape index (κ2) is 77.1. The minimum absolute atomic E-state index is 0.0883. The molecule has 0 amide bonds. The molecule has 0 aliphatic carbocycles. The highest BCUT2D eigenvalue weighted by atomic mass is 31.2. The number of phosphoric ester groups is 2. The third-order valence-corrected chi connectivity index (χ3v) is 18.4. The van der Waals surface area contributed by atoms with E-state index in [4.69, 9.17) is 32.3 Å². The highest BCUT2D eigenvalue weighted by Gasteiger charge is 2.29. The Balaban J connectivity index is 4.64. The average molecular weight is 1480 g/mol. The molecule has 5 unspecified atom stereocenters. The van der Waals surface area contributed by atoms with Crippen LogP contribution in [0.4, 0.5) is 0 Å². The van der Waals surface area contributed by atoms with E-state index >= 15 is 0 Å². The van der Waals surface area contributed by atoms with Gasteiger partial charge in [-0.1, -0.05) is 301 Å². The highest BCUT2D eigenvalue weighted by molar-refractivity contribution is 7.47. The fourth-order valence-corrected chi connectivity index (χ4v) is 12.1. The van der Waals surface area contributed by atoms with Crippen molar-refractivity contribution in [3.05, 3.63) is 146 Å². The van der Waals surface area contributed by atoms with E-state index in [1.165, 1.54) is 77.0 Å². The van der Waals surface area contributed by atoms with Crippen LogP contribution in [0.15, 0.2) is 146 Å². The predicted molar refractivity (Wildman–Crippen MR) is 426 cm³/mol. The van der Waals surface area contributed by atoms with Gasteiger partial charge in [0.05, 0.1) is 26.4 Å². The van der Waals surface area contributed by atoms with Crippen molar-refractivity contribution in [2.45, 2.75) is 334 Å². The first kappa shape index (κ1) is 98.4. The SMILES string of the molecule is CC/C=C\C/C=C\C/C=C\C/C=C\C/C=C\CCCCCCCCCCCC(=O)OCC(O)COP(=O)(O)OCC(O)COP(=O)(O)OCC(COC(=O)CCCCCCCCCCC/C=C\C/C=C\C/C=C\C/C=C\CCCCC)OC(=O)CCCCCCCCC/C=C\C/C=C\C/C=C\CC. The number of allylic oxidation sites excluding steroid dienone is 24. The van der Waals surface area contributed by atoms with E-state index in [0.29, 0.717) is 19.3 Å². The Morgan fingerprint density at radius 2 is 0.515 bits per heavy atom. The topological polar surface area (TPSA) is 231 Å². The molecule has 0 bridgehead atoms. The van der Waals surface area contributed by atoms with Crippen molar-refractivity contribution >= 4 is 33.6 Å². The van der Waals surface area contributed by atoms with Crippen LogP contribution in [0.5, 0.6) is 0 Å². The number of carbonyl (C=O) groups is 3. The van der Waals surface area contributed by atoms with Gasteiger partial charge in [0.25, 0.3) is 0 Å². The molecule has 0 aromatic rings. The van der Waals surface area contributed by atoms with Crippen molar-refractivity contribution in [1.29, 1.82) is 0 Å². The maximum atomic E-state index is 13.0. The van der Waals surface area contributed by atoms with Crippen molar-refractivity contribution in [3.63, 3.8) is 0 Å². The number of hydrogen-bond acceptors (Lipinski definition) is 14. The molecular formula is C85H144O16P2. The molecule has 590 valence electrons. The quantitative estimate of drug-likeness (QED) is 0.0146. The van der Waals surface area contributed by atoms with Gasteiger partial charge in [-0.25, -0.2) is 9.13 Å². The van der Waals surface area contributed by atoms with Gasteiger partial charge in [-0.3, -0.25) is 32.5 Å². The fourth-order valence-electron chi connectivity index (χ4n) is 10.5. The second-order valence-electron chi connectivity index (χ2n) is 26.5. The van der Waals surface area contributed by atoms with Crippen molar-refractivity contribution in [3.8, 4) is 0 Å². The molecule has 0 aromatic carbocycles. The summed E-state index contributed by atoms with van der Waals surface area (Å²) in [6.07, 6.45) is 94.5. The van der Waals surface area contributed by atoms with E-state index in [-0.39, 0.29) is 19.3 Å². The summed E-state index contributed by atoms with van der Waals surface area (Å²) in [6, 6.07) is 0. The largest absolute Gasteiger partial charge is 0.472 e. The lowest BCUT2D eigenvalue weighted by Gasteiger charge is -2.21. The summed E-state index contributed by atoms with van der Waals surface area (Å²) in [7, 11) is -9.80. The van der Waals surface area contributed by atoms with Gasteiger partial charge >= 0.3 is 33.6 Å². The molecule has 18 heteroatoms. The molecule has 0 aliphatic rings. The second-order valence-corrected chi connectivity index (χ2v) is 29.4. The lowest BCUT2D eigenvalue weighted by molar-refractivity contribution is -0.161. The van der Waals surface area contributed by atoms with E-state index in [9.17, 15) is 43.5 Å². The summed E-state index contributed by atoms with van der Waals surface area (Å²) in [4.78, 5) is 58.7. The minimum atomic E-state index is -4.94. The number of esters is 3. The Bertz CT molecular complexity index is 2450. The number of unbranched alkanes of at least 4 members (excludes halogenated alkanes) is 28. The van der Waals surface area contributed by atoms with Gasteiger partial charge in [-0.2, -0.15) is 0 Å². The molecule has 0 aliphatic heterocycles. The standard InChI is InChI=1S/C85H144O16P2/c1-4-7-10-13-16-19-22-25-28-31-33-35-37-39-41-43-45-48-50-53-56-59-62-65-68-71-83(88)95-74-80(86)75-97-102(91,92)98-76-81(87)77-99-103(93,94)100-79-82(101-85(90)73-70-67-64-61-58-55-52-47-30-27-24-21-18-15-12-9-6-3)78-96-84(89)72-69-66-63-60-57-54-51-49-46-44-42-40-38-36-34-32-29-26-23-20-17-14-11-8-5-2/h7,9-10,12,16-21,25-30,33-36,39-42,80-82,86-87H,4-6,8,11,13-15,22-24,31-32,37-38,43-79H2,1-3H3,(H,91,92)(H,93,94)/b10-7-,12-9-,19-16-,20-17-,21-18-,28-25-,29-26-,30-27-,35-33-,36-34-,41-39-,42-40-. The van der Waals surface area contributed by atoms with E-state index in [1.807, 2.05) is 0 Å². The van der Waals surface area contributed by atoms with Crippen molar-refractivity contribution in [2.24, 2.45) is 0 Å². The molecule has 0 aromatic heterocycles.